The van der Waals surface area contributed by atoms with Gasteiger partial charge in [0.2, 0.25) is 0 Å². The second kappa shape index (κ2) is 10.1. The fourth-order valence-corrected chi connectivity index (χ4v) is 3.71. The van der Waals surface area contributed by atoms with Gasteiger partial charge >= 0.3 is 6.18 Å². The summed E-state index contributed by atoms with van der Waals surface area (Å²) in [5.74, 6) is -0.123. The monoisotopic (exact) mass is 499 g/mol. The first kappa shape index (κ1) is 24.9. The molecule has 33 heavy (non-hydrogen) atoms. The van der Waals surface area contributed by atoms with Gasteiger partial charge in [0.1, 0.15) is 26.9 Å². The van der Waals surface area contributed by atoms with E-state index in [2.05, 4.69) is 15.3 Å². The number of carbonyl (C=O) groups is 1. The molecule has 0 aliphatic heterocycles. The molecule has 11 heteroatoms. The number of ether oxygens (including phenoxy) is 1. The van der Waals surface area contributed by atoms with Gasteiger partial charge in [-0.25, -0.2) is 4.98 Å². The van der Waals surface area contributed by atoms with Crippen molar-refractivity contribution in [3.63, 3.8) is 0 Å². The maximum atomic E-state index is 13.0. The van der Waals surface area contributed by atoms with Crippen LogP contribution in [0.25, 0.3) is 10.6 Å². The molecule has 0 fully saturated rings. The summed E-state index contributed by atoms with van der Waals surface area (Å²) in [7, 11) is 0. The second-order valence-electron chi connectivity index (χ2n) is 7.45. The summed E-state index contributed by atoms with van der Waals surface area (Å²) < 4.78 is 44.5. The number of benzene rings is 1. The highest BCUT2D eigenvalue weighted by Crippen LogP contribution is 2.32. The molecule has 0 aliphatic rings. The van der Waals surface area contributed by atoms with Crippen LogP contribution in [-0.4, -0.2) is 33.2 Å². The molecule has 0 spiro atoms. The SMILES string of the molecule is CC(NC(=O)c1cc(OC(C)C(C)O)cc(-c2ncc(Cl)s2)c1)c1ccc(C(F)(F)F)nc1. The zero-order valence-corrected chi connectivity index (χ0v) is 19.4. The van der Waals surface area contributed by atoms with E-state index in [1.807, 2.05) is 0 Å². The number of alkyl halides is 3. The molecule has 1 aromatic carbocycles. The van der Waals surface area contributed by atoms with E-state index in [-0.39, 0.29) is 5.56 Å². The van der Waals surface area contributed by atoms with E-state index in [4.69, 9.17) is 16.3 Å². The average molecular weight is 500 g/mol. The van der Waals surface area contributed by atoms with Crippen LogP contribution in [0.4, 0.5) is 13.2 Å². The van der Waals surface area contributed by atoms with Crippen molar-refractivity contribution in [3.8, 4) is 16.3 Å². The summed E-state index contributed by atoms with van der Waals surface area (Å²) >= 11 is 7.22. The first-order chi connectivity index (χ1) is 15.4. The van der Waals surface area contributed by atoms with E-state index in [0.29, 0.717) is 26.2 Å². The fraction of sp³-hybridized carbons (Fsp3) is 0.318. The predicted molar refractivity (Wildman–Crippen MR) is 119 cm³/mol. The van der Waals surface area contributed by atoms with Crippen molar-refractivity contribution in [2.75, 3.05) is 0 Å². The summed E-state index contributed by atoms with van der Waals surface area (Å²) in [6.07, 6.45) is -3.24. The summed E-state index contributed by atoms with van der Waals surface area (Å²) in [6.45, 7) is 4.92. The summed E-state index contributed by atoms with van der Waals surface area (Å²) in [4.78, 5) is 20.6. The molecule has 0 radical (unpaired) electrons. The van der Waals surface area contributed by atoms with Gasteiger partial charge in [-0.05, 0) is 50.6 Å². The number of thiazole rings is 1. The number of nitrogens with one attached hydrogen (secondary N) is 1. The third-order valence-electron chi connectivity index (χ3n) is 4.82. The van der Waals surface area contributed by atoms with Crippen molar-refractivity contribution < 1.29 is 27.8 Å². The molecule has 2 N–H and O–H groups in total. The molecule has 176 valence electrons. The van der Waals surface area contributed by atoms with Crippen molar-refractivity contribution in [1.82, 2.24) is 15.3 Å². The zero-order valence-electron chi connectivity index (χ0n) is 17.9. The van der Waals surface area contributed by atoms with Gasteiger partial charge in [0.15, 0.2) is 0 Å². The van der Waals surface area contributed by atoms with Gasteiger partial charge < -0.3 is 15.2 Å². The van der Waals surface area contributed by atoms with E-state index in [9.17, 15) is 23.1 Å². The van der Waals surface area contributed by atoms with Gasteiger partial charge in [0, 0.05) is 17.3 Å². The Morgan fingerprint density at radius 3 is 2.42 bits per heavy atom. The van der Waals surface area contributed by atoms with Gasteiger partial charge in [0.25, 0.3) is 5.91 Å². The van der Waals surface area contributed by atoms with Crippen LogP contribution in [0.2, 0.25) is 4.34 Å². The number of rotatable bonds is 7. The quantitative estimate of drug-likeness (QED) is 0.447. The minimum Gasteiger partial charge on any atom is -0.488 e. The number of amides is 1. The molecular weight excluding hydrogens is 479 g/mol. The van der Waals surface area contributed by atoms with E-state index in [1.165, 1.54) is 29.7 Å². The minimum atomic E-state index is -4.54. The van der Waals surface area contributed by atoms with E-state index in [1.54, 1.807) is 32.9 Å². The van der Waals surface area contributed by atoms with Crippen LogP contribution >= 0.6 is 22.9 Å². The molecule has 1 amide bonds. The normalized spacial score (nSPS) is 14.4. The molecule has 2 heterocycles. The molecule has 0 saturated heterocycles. The Kier molecular flexibility index (Phi) is 7.61. The molecule has 6 nitrogen and oxygen atoms in total. The van der Waals surface area contributed by atoms with Gasteiger partial charge in [0.05, 0.1) is 18.3 Å². The Bertz CT molecular complexity index is 1120. The number of aliphatic hydroxyl groups is 1. The standard InChI is InChI=1S/C22H21ClF3N3O3S/c1-11(14-4-5-18(27-9-14)22(24,25)26)29-20(31)15-6-16(21-28-10-19(23)33-21)8-17(7-15)32-13(3)12(2)30/h4-13,30H,1-3H3,(H,29,31). The highest BCUT2D eigenvalue weighted by Gasteiger charge is 2.32. The van der Waals surface area contributed by atoms with Crippen LogP contribution in [0.5, 0.6) is 5.75 Å². The molecule has 3 aromatic rings. The number of pyridine rings is 1. The number of nitrogens with zero attached hydrogens (tertiary/aromatic N) is 2. The minimum absolute atomic E-state index is 0.248. The van der Waals surface area contributed by atoms with Crippen molar-refractivity contribution in [2.24, 2.45) is 0 Å². The van der Waals surface area contributed by atoms with Crippen molar-refractivity contribution in [3.05, 3.63) is 63.9 Å². The Morgan fingerprint density at radius 1 is 1.15 bits per heavy atom. The smallest absolute Gasteiger partial charge is 0.433 e. The van der Waals surface area contributed by atoms with Crippen LogP contribution < -0.4 is 10.1 Å². The van der Waals surface area contributed by atoms with Crippen LogP contribution in [-0.2, 0) is 6.18 Å². The number of hydrogen-bond donors (Lipinski definition) is 2. The lowest BCUT2D eigenvalue weighted by molar-refractivity contribution is -0.141. The lowest BCUT2D eigenvalue weighted by Crippen LogP contribution is -2.28. The Hall–Kier alpha value is -2.69. The molecule has 0 aliphatic carbocycles. The van der Waals surface area contributed by atoms with Crippen molar-refractivity contribution in [2.45, 2.75) is 45.2 Å². The zero-order chi connectivity index (χ0) is 24.3. The highest BCUT2D eigenvalue weighted by molar-refractivity contribution is 7.18. The molecular formula is C22H21ClF3N3O3S. The summed E-state index contributed by atoms with van der Waals surface area (Å²) in [6, 6.07) is 6.36. The largest absolute Gasteiger partial charge is 0.488 e. The number of hydrogen-bond acceptors (Lipinski definition) is 6. The first-order valence-corrected chi connectivity index (χ1v) is 11.1. The lowest BCUT2D eigenvalue weighted by Gasteiger charge is -2.19. The first-order valence-electron chi connectivity index (χ1n) is 9.89. The molecule has 0 bridgehead atoms. The lowest BCUT2D eigenvalue weighted by atomic mass is 10.1. The van der Waals surface area contributed by atoms with E-state index < -0.39 is 36.0 Å². The Labute approximate surface area is 197 Å². The number of aromatic nitrogens is 2. The summed E-state index contributed by atoms with van der Waals surface area (Å²) in [5, 5.41) is 13.1. The third kappa shape index (κ3) is 6.43. The van der Waals surface area contributed by atoms with Crippen molar-refractivity contribution in [1.29, 1.82) is 0 Å². The highest BCUT2D eigenvalue weighted by atomic mass is 35.5. The number of halogens is 4. The maximum Gasteiger partial charge on any atom is 0.433 e. The molecule has 3 rings (SSSR count). The fourth-order valence-electron chi connectivity index (χ4n) is 2.82. The molecule has 3 atom stereocenters. The molecule has 0 saturated carbocycles. The second-order valence-corrected chi connectivity index (χ2v) is 9.11. The third-order valence-corrected chi connectivity index (χ3v) is 5.98. The van der Waals surface area contributed by atoms with Gasteiger partial charge in [-0.3, -0.25) is 9.78 Å². The van der Waals surface area contributed by atoms with Crippen LogP contribution in [0, 0.1) is 0 Å². The predicted octanol–water partition coefficient (Wildman–Crippen LogP) is 5.52. The van der Waals surface area contributed by atoms with Gasteiger partial charge in [-0.1, -0.05) is 17.7 Å². The van der Waals surface area contributed by atoms with Crippen LogP contribution in [0.3, 0.4) is 0 Å². The summed E-state index contributed by atoms with van der Waals surface area (Å²) in [5.41, 5.74) is 0.251. The van der Waals surface area contributed by atoms with Crippen LogP contribution in [0.1, 0.15) is 48.4 Å². The topological polar surface area (TPSA) is 84.3 Å². The Balaban J connectivity index is 1.86. The van der Waals surface area contributed by atoms with E-state index >= 15 is 0 Å². The van der Waals surface area contributed by atoms with Gasteiger partial charge in [-0.2, -0.15) is 13.2 Å². The van der Waals surface area contributed by atoms with Gasteiger partial charge in [-0.15, -0.1) is 11.3 Å². The average Bonchev–Trinajstić information content (AvgIpc) is 3.19. The molecule has 2 aromatic heterocycles. The maximum absolute atomic E-state index is 13.0. The number of carbonyl (C=O) groups excluding carboxylic acids is 1. The van der Waals surface area contributed by atoms with E-state index in [0.717, 1.165) is 12.3 Å². The van der Waals surface area contributed by atoms with Crippen LogP contribution in [0.15, 0.2) is 42.7 Å². The Morgan fingerprint density at radius 2 is 1.88 bits per heavy atom. The molecule has 3 unspecified atom stereocenters. The van der Waals surface area contributed by atoms with Crippen molar-refractivity contribution >= 4 is 28.8 Å². The number of aliphatic hydroxyl groups excluding tert-OH is 1.